The molecule has 0 aliphatic carbocycles. The fourth-order valence-electron chi connectivity index (χ4n) is 2.22. The first kappa shape index (κ1) is 14.0. The van der Waals surface area contributed by atoms with Crippen LogP contribution in [0.4, 0.5) is 0 Å². The van der Waals surface area contributed by atoms with Gasteiger partial charge in [-0.15, -0.1) is 0 Å². The highest BCUT2D eigenvalue weighted by Gasteiger charge is 2.41. The van der Waals surface area contributed by atoms with Gasteiger partial charge in [-0.25, -0.2) is 0 Å². The molecule has 1 rings (SSSR count). The molecule has 17 heavy (non-hydrogen) atoms. The Kier molecular flexibility index (Phi) is 4.53. The monoisotopic (exact) mass is 238 g/mol. The van der Waals surface area contributed by atoms with Gasteiger partial charge in [0.1, 0.15) is 5.41 Å². The first-order valence-electron chi connectivity index (χ1n) is 6.34. The van der Waals surface area contributed by atoms with Crippen molar-refractivity contribution in [3.05, 3.63) is 0 Å². The summed E-state index contributed by atoms with van der Waals surface area (Å²) >= 11 is 0. The smallest absolute Gasteiger partial charge is 0.243 e. The Hall–Kier alpha value is -1.08. The molecule has 0 bridgehead atoms. The lowest BCUT2D eigenvalue weighted by atomic mass is 9.82. The third-order valence-electron chi connectivity index (χ3n) is 3.70. The first-order valence-corrected chi connectivity index (χ1v) is 6.34. The lowest BCUT2D eigenvalue weighted by Crippen LogP contribution is -2.54. The van der Waals surface area contributed by atoms with Crippen molar-refractivity contribution in [1.82, 2.24) is 4.90 Å². The van der Waals surface area contributed by atoms with Crippen LogP contribution in [-0.4, -0.2) is 36.1 Å². The van der Waals surface area contributed by atoms with Gasteiger partial charge in [0, 0.05) is 6.54 Å². The van der Waals surface area contributed by atoms with Gasteiger partial charge in [-0.2, -0.15) is 5.26 Å². The van der Waals surface area contributed by atoms with Crippen molar-refractivity contribution >= 4 is 5.91 Å². The molecule has 0 aromatic carbocycles. The van der Waals surface area contributed by atoms with Gasteiger partial charge in [0.05, 0.1) is 24.8 Å². The molecule has 0 N–H and O–H groups in total. The second-order valence-corrected chi connectivity index (χ2v) is 4.85. The van der Waals surface area contributed by atoms with Crippen LogP contribution in [0.25, 0.3) is 0 Å². The Morgan fingerprint density at radius 2 is 2.06 bits per heavy atom. The molecule has 0 aromatic heterocycles. The van der Waals surface area contributed by atoms with E-state index in [0.717, 1.165) is 0 Å². The minimum absolute atomic E-state index is 0.0346. The lowest BCUT2D eigenvalue weighted by molar-refractivity contribution is -0.151. The van der Waals surface area contributed by atoms with E-state index in [1.807, 2.05) is 32.6 Å². The van der Waals surface area contributed by atoms with E-state index in [9.17, 15) is 10.1 Å². The average Bonchev–Trinajstić information content (AvgIpc) is 2.35. The summed E-state index contributed by atoms with van der Waals surface area (Å²) in [7, 11) is 0. The molecule has 1 aliphatic heterocycles. The number of amides is 1. The van der Waals surface area contributed by atoms with Crippen LogP contribution < -0.4 is 0 Å². The molecule has 1 fully saturated rings. The zero-order valence-corrected chi connectivity index (χ0v) is 11.2. The van der Waals surface area contributed by atoms with Crippen LogP contribution in [0.15, 0.2) is 0 Å². The van der Waals surface area contributed by atoms with Crippen molar-refractivity contribution in [2.45, 2.75) is 52.7 Å². The predicted molar refractivity (Wildman–Crippen MR) is 65.2 cm³/mol. The summed E-state index contributed by atoms with van der Waals surface area (Å²) in [5.41, 5.74) is -0.856. The zero-order valence-electron chi connectivity index (χ0n) is 11.2. The topological polar surface area (TPSA) is 53.3 Å². The number of carbonyl (C=O) groups excluding carboxylic acids is 1. The largest absolute Gasteiger partial charge is 0.375 e. The molecular weight excluding hydrogens is 216 g/mol. The summed E-state index contributed by atoms with van der Waals surface area (Å²) in [5, 5.41) is 9.30. The van der Waals surface area contributed by atoms with Crippen molar-refractivity contribution in [2.24, 2.45) is 5.41 Å². The van der Waals surface area contributed by atoms with Gasteiger partial charge < -0.3 is 9.64 Å². The van der Waals surface area contributed by atoms with Gasteiger partial charge in [-0.3, -0.25) is 4.79 Å². The maximum atomic E-state index is 12.5. The predicted octanol–water partition coefficient (Wildman–Crippen LogP) is 1.95. The molecule has 2 unspecified atom stereocenters. The summed E-state index contributed by atoms with van der Waals surface area (Å²) in [6.45, 7) is 8.87. The van der Waals surface area contributed by atoms with Crippen molar-refractivity contribution in [3.8, 4) is 6.07 Å². The summed E-state index contributed by atoms with van der Waals surface area (Å²) in [6.07, 6.45) is 1.19. The van der Waals surface area contributed by atoms with Crippen LogP contribution in [-0.2, 0) is 9.53 Å². The fraction of sp³-hybridized carbons (Fsp3) is 0.846. The molecule has 0 radical (unpaired) electrons. The normalized spacial score (nSPS) is 25.5. The molecule has 2 atom stereocenters. The van der Waals surface area contributed by atoms with E-state index in [1.165, 1.54) is 0 Å². The van der Waals surface area contributed by atoms with Crippen molar-refractivity contribution in [1.29, 1.82) is 5.26 Å². The van der Waals surface area contributed by atoms with E-state index in [0.29, 0.717) is 26.0 Å². The number of hydrogen-bond acceptors (Lipinski definition) is 3. The first-order chi connectivity index (χ1) is 8.00. The maximum Gasteiger partial charge on any atom is 0.243 e. The molecule has 4 nitrogen and oxygen atoms in total. The second kappa shape index (κ2) is 5.50. The van der Waals surface area contributed by atoms with Crippen LogP contribution in [0.1, 0.15) is 40.5 Å². The molecule has 4 heteroatoms. The van der Waals surface area contributed by atoms with Gasteiger partial charge in [0.15, 0.2) is 0 Å². The maximum absolute atomic E-state index is 12.5. The van der Waals surface area contributed by atoms with E-state index in [-0.39, 0.29) is 18.1 Å². The minimum Gasteiger partial charge on any atom is -0.375 e. The number of carbonyl (C=O) groups is 1. The Labute approximate surface area is 104 Å². The highest BCUT2D eigenvalue weighted by Crippen LogP contribution is 2.30. The van der Waals surface area contributed by atoms with Gasteiger partial charge in [0.25, 0.3) is 0 Å². The van der Waals surface area contributed by atoms with Gasteiger partial charge in [-0.05, 0) is 26.7 Å². The van der Waals surface area contributed by atoms with Gasteiger partial charge in [0.2, 0.25) is 5.91 Å². The minimum atomic E-state index is -0.856. The number of rotatable bonds is 3. The van der Waals surface area contributed by atoms with E-state index in [1.54, 1.807) is 0 Å². The Bertz CT molecular complexity index is 318. The molecule has 0 saturated carbocycles. The average molecular weight is 238 g/mol. The Morgan fingerprint density at radius 1 is 1.47 bits per heavy atom. The third-order valence-corrected chi connectivity index (χ3v) is 3.70. The lowest BCUT2D eigenvalue weighted by Gasteiger charge is -2.40. The molecule has 1 heterocycles. The van der Waals surface area contributed by atoms with Crippen LogP contribution in [0.3, 0.4) is 0 Å². The SMILES string of the molecule is CCC(C#N)(CC)C(=O)N1CC(C)OCC1C. The zero-order chi connectivity index (χ0) is 13.1. The molecule has 1 aliphatic rings. The van der Waals surface area contributed by atoms with Crippen molar-refractivity contribution in [3.63, 3.8) is 0 Å². The Morgan fingerprint density at radius 3 is 2.53 bits per heavy atom. The van der Waals surface area contributed by atoms with Crippen LogP contribution >= 0.6 is 0 Å². The van der Waals surface area contributed by atoms with Crippen LogP contribution in [0, 0.1) is 16.7 Å². The van der Waals surface area contributed by atoms with Crippen molar-refractivity contribution < 1.29 is 9.53 Å². The molecular formula is C13H22N2O2. The summed E-state index contributed by atoms with van der Waals surface area (Å²) < 4.78 is 5.51. The van der Waals surface area contributed by atoms with E-state index in [2.05, 4.69) is 6.07 Å². The van der Waals surface area contributed by atoms with E-state index in [4.69, 9.17) is 4.74 Å². The van der Waals surface area contributed by atoms with Crippen LogP contribution in [0.2, 0.25) is 0 Å². The van der Waals surface area contributed by atoms with E-state index < -0.39 is 5.41 Å². The molecule has 0 spiro atoms. The molecule has 0 aromatic rings. The Balaban J connectivity index is 2.90. The number of nitriles is 1. The molecule has 1 amide bonds. The molecule has 1 saturated heterocycles. The fourth-order valence-corrected chi connectivity index (χ4v) is 2.22. The quantitative estimate of drug-likeness (QED) is 0.755. The number of ether oxygens (including phenoxy) is 1. The summed E-state index contributed by atoms with van der Waals surface area (Å²) in [5.74, 6) is -0.0346. The number of hydrogen-bond donors (Lipinski definition) is 0. The standard InChI is InChI=1S/C13H22N2O2/c1-5-13(6-2,9-14)12(16)15-7-11(4)17-8-10(15)3/h10-11H,5-8H2,1-4H3. The number of nitrogens with zero attached hydrogens (tertiary/aromatic N) is 2. The third kappa shape index (κ3) is 2.61. The highest BCUT2D eigenvalue weighted by molar-refractivity contribution is 5.85. The summed E-state index contributed by atoms with van der Waals surface area (Å²) in [6, 6.07) is 2.28. The van der Waals surface area contributed by atoms with Crippen LogP contribution in [0.5, 0.6) is 0 Å². The summed E-state index contributed by atoms with van der Waals surface area (Å²) in [4.78, 5) is 14.3. The van der Waals surface area contributed by atoms with E-state index >= 15 is 0 Å². The number of morpholine rings is 1. The second-order valence-electron chi connectivity index (χ2n) is 4.85. The van der Waals surface area contributed by atoms with Crippen molar-refractivity contribution in [2.75, 3.05) is 13.2 Å². The van der Waals surface area contributed by atoms with Gasteiger partial charge >= 0.3 is 0 Å². The highest BCUT2D eigenvalue weighted by atomic mass is 16.5. The van der Waals surface area contributed by atoms with Gasteiger partial charge in [-0.1, -0.05) is 13.8 Å². The molecule has 96 valence electrons.